The Balaban J connectivity index is 1.75. The Labute approximate surface area is 164 Å². The summed E-state index contributed by atoms with van der Waals surface area (Å²) < 4.78 is 12.1. The minimum absolute atomic E-state index is 0.0544. The normalized spacial score (nSPS) is 45.2. The van der Waals surface area contributed by atoms with Gasteiger partial charge in [-0.05, 0) is 37.3 Å². The van der Waals surface area contributed by atoms with E-state index in [0.717, 1.165) is 38.0 Å². The minimum Gasteiger partial charge on any atom is -0.466 e. The number of esters is 1. The zero-order valence-corrected chi connectivity index (χ0v) is 16.7. The highest BCUT2D eigenvalue weighted by molar-refractivity contribution is 6.16. The maximum Gasteiger partial charge on any atom is 0.348 e. The maximum atomic E-state index is 14.1. The van der Waals surface area contributed by atoms with Gasteiger partial charge >= 0.3 is 5.97 Å². The zero-order valence-electron chi connectivity index (χ0n) is 16.7. The predicted octanol–water partition coefficient (Wildman–Crippen LogP) is 1.86. The monoisotopic (exact) mass is 382 g/mol. The Kier molecular flexibility index (Phi) is 2.91. The van der Waals surface area contributed by atoms with Gasteiger partial charge in [0.1, 0.15) is 5.72 Å². The number of hydrogen-bond acceptors (Lipinski definition) is 6. The average molecular weight is 382 g/mol. The number of nitrogens with zero attached hydrogens (tertiary/aromatic N) is 2. The van der Waals surface area contributed by atoms with Crippen molar-refractivity contribution < 1.29 is 19.1 Å². The van der Waals surface area contributed by atoms with Gasteiger partial charge < -0.3 is 14.4 Å². The van der Waals surface area contributed by atoms with E-state index in [2.05, 4.69) is 34.9 Å². The molecule has 6 nitrogen and oxygen atoms in total. The quantitative estimate of drug-likeness (QED) is 0.575. The summed E-state index contributed by atoms with van der Waals surface area (Å²) in [5.41, 5.74) is -1.04. The topological polar surface area (TPSA) is 59.1 Å². The second-order valence-corrected chi connectivity index (χ2v) is 9.08. The van der Waals surface area contributed by atoms with Crippen LogP contribution < -0.4 is 4.90 Å². The first-order chi connectivity index (χ1) is 13.5. The largest absolute Gasteiger partial charge is 0.466 e. The predicted molar refractivity (Wildman–Crippen MR) is 102 cm³/mol. The van der Waals surface area contributed by atoms with Crippen molar-refractivity contribution in [2.24, 2.45) is 5.41 Å². The number of carbonyl (C=O) groups excluding carboxylic acids is 2. The van der Waals surface area contributed by atoms with Crippen LogP contribution in [0.25, 0.3) is 0 Å². The van der Waals surface area contributed by atoms with Crippen LogP contribution in [-0.2, 0) is 24.5 Å². The van der Waals surface area contributed by atoms with Gasteiger partial charge in [0.15, 0.2) is 5.78 Å². The molecule has 4 saturated heterocycles. The van der Waals surface area contributed by atoms with Gasteiger partial charge in [0.2, 0.25) is 5.60 Å². The lowest BCUT2D eigenvalue weighted by Crippen LogP contribution is -2.74. The van der Waals surface area contributed by atoms with Crippen LogP contribution in [0, 0.1) is 5.41 Å². The first kappa shape index (κ1) is 17.0. The number of ketones is 1. The van der Waals surface area contributed by atoms with E-state index in [1.54, 1.807) is 0 Å². The van der Waals surface area contributed by atoms with Crippen molar-refractivity contribution >= 4 is 17.4 Å². The first-order valence-corrected chi connectivity index (χ1v) is 10.4. The molecule has 4 fully saturated rings. The molecular formula is C22H26N2O4. The molecule has 0 amide bonds. The highest BCUT2D eigenvalue weighted by atomic mass is 16.6. The number of benzene rings is 1. The van der Waals surface area contributed by atoms with E-state index in [9.17, 15) is 9.59 Å². The van der Waals surface area contributed by atoms with Gasteiger partial charge in [0.05, 0.1) is 24.0 Å². The molecule has 28 heavy (non-hydrogen) atoms. The van der Waals surface area contributed by atoms with E-state index in [4.69, 9.17) is 9.47 Å². The molecule has 0 aliphatic carbocycles. The second kappa shape index (κ2) is 4.79. The van der Waals surface area contributed by atoms with E-state index in [-0.39, 0.29) is 11.8 Å². The van der Waals surface area contributed by atoms with Gasteiger partial charge in [-0.3, -0.25) is 9.69 Å². The molecule has 5 heterocycles. The van der Waals surface area contributed by atoms with Crippen molar-refractivity contribution in [1.29, 1.82) is 0 Å². The lowest BCUT2D eigenvalue weighted by atomic mass is 9.48. The van der Waals surface area contributed by atoms with Crippen LogP contribution in [0.3, 0.4) is 0 Å². The van der Waals surface area contributed by atoms with Crippen molar-refractivity contribution in [3.05, 3.63) is 29.8 Å². The van der Waals surface area contributed by atoms with E-state index < -0.39 is 28.1 Å². The molecule has 1 aromatic carbocycles. The highest BCUT2D eigenvalue weighted by Gasteiger charge is 2.94. The summed E-state index contributed by atoms with van der Waals surface area (Å²) in [7, 11) is 3.36. The van der Waals surface area contributed by atoms with Crippen LogP contribution >= 0.6 is 0 Å². The Morgan fingerprint density at radius 2 is 2.07 bits per heavy atom. The van der Waals surface area contributed by atoms with Crippen molar-refractivity contribution in [3.8, 4) is 0 Å². The van der Waals surface area contributed by atoms with Gasteiger partial charge in [-0.25, -0.2) is 4.79 Å². The Bertz CT molecular complexity index is 933. The van der Waals surface area contributed by atoms with Gasteiger partial charge in [0.25, 0.3) is 0 Å². The summed E-state index contributed by atoms with van der Waals surface area (Å²) in [5.74, 6) is -0.589. The molecule has 6 heteroatoms. The fourth-order valence-corrected chi connectivity index (χ4v) is 8.00. The third kappa shape index (κ3) is 1.26. The van der Waals surface area contributed by atoms with Crippen molar-refractivity contribution in [3.63, 3.8) is 0 Å². The summed E-state index contributed by atoms with van der Waals surface area (Å²) in [6.07, 6.45) is 3.31. The molecule has 148 valence electrons. The minimum atomic E-state index is -1.55. The molecule has 1 aromatic rings. The van der Waals surface area contributed by atoms with E-state index >= 15 is 0 Å². The number of likely N-dealkylation sites (N-methyl/N-ethyl adjacent to an activating group) is 1. The molecule has 0 radical (unpaired) electrons. The van der Waals surface area contributed by atoms with Crippen molar-refractivity contribution in [1.82, 2.24) is 4.90 Å². The molecule has 5 aliphatic heterocycles. The van der Waals surface area contributed by atoms with Crippen LogP contribution in [0.2, 0.25) is 0 Å². The van der Waals surface area contributed by atoms with Crippen LogP contribution in [0.4, 0.5) is 5.69 Å². The van der Waals surface area contributed by atoms with Gasteiger partial charge in [-0.2, -0.15) is 0 Å². The molecule has 0 N–H and O–H groups in total. The lowest BCUT2D eigenvalue weighted by molar-refractivity contribution is -0.208. The van der Waals surface area contributed by atoms with E-state index in [1.807, 2.05) is 13.1 Å². The number of fused-ring (bicyclic) bond motifs is 3. The Morgan fingerprint density at radius 1 is 1.29 bits per heavy atom. The SMILES string of the molecule is CC[C@@]12CCCN3CC[C@]45c6ccccc6N(C)[C@H]4[C@](C(=O)OC)(O[C@@]315)C2=O. The molecule has 6 rings (SSSR count). The number of methoxy groups -OCH3 is 1. The van der Waals surface area contributed by atoms with Crippen molar-refractivity contribution in [2.45, 2.75) is 55.4 Å². The molecule has 2 bridgehead atoms. The van der Waals surface area contributed by atoms with Crippen LogP contribution in [0.5, 0.6) is 0 Å². The summed E-state index contributed by atoms with van der Waals surface area (Å²) in [6.45, 7) is 3.88. The summed E-state index contributed by atoms with van der Waals surface area (Å²) in [5, 5.41) is 0. The third-order valence-electron chi connectivity index (χ3n) is 8.68. The van der Waals surface area contributed by atoms with Gasteiger partial charge in [0, 0.05) is 25.8 Å². The molecule has 5 atom stereocenters. The van der Waals surface area contributed by atoms with Gasteiger partial charge in [-0.1, -0.05) is 25.1 Å². The Hall–Kier alpha value is -1.92. The van der Waals surface area contributed by atoms with Crippen LogP contribution in [0.1, 0.15) is 38.2 Å². The number of ether oxygens (including phenoxy) is 2. The lowest BCUT2D eigenvalue weighted by Gasteiger charge is -2.57. The van der Waals surface area contributed by atoms with Crippen LogP contribution in [-0.4, -0.2) is 61.3 Å². The number of carbonyl (C=O) groups is 2. The number of piperidine rings is 1. The number of anilines is 1. The number of rotatable bonds is 2. The molecule has 0 saturated carbocycles. The average Bonchev–Trinajstić information content (AvgIpc) is 3.35. The third-order valence-corrected chi connectivity index (χ3v) is 8.68. The number of Topliss-reactive ketones (excluding diaryl/α,β-unsaturated/α-hetero) is 1. The first-order valence-electron chi connectivity index (χ1n) is 10.4. The molecule has 0 unspecified atom stereocenters. The molecule has 2 spiro atoms. The molecular weight excluding hydrogens is 356 g/mol. The Morgan fingerprint density at radius 3 is 2.82 bits per heavy atom. The standard InChI is InChI=1S/C22H26N2O4/c1-4-19-10-7-12-24-13-11-20-14-8-5-6-9-15(14)23(2)16(20)21(17(19)25,18(26)27-3)28-22(19,20)24/h5-6,8-9,16H,4,7,10-13H2,1-3H3/t16-,19+,20+,21+,22+/m1/s1. The zero-order chi connectivity index (χ0) is 19.5. The van der Waals surface area contributed by atoms with Crippen LogP contribution in [0.15, 0.2) is 24.3 Å². The number of hydrogen-bond donors (Lipinski definition) is 0. The fraction of sp³-hybridized carbons (Fsp3) is 0.636. The van der Waals surface area contributed by atoms with E-state index in [0.29, 0.717) is 6.42 Å². The summed E-state index contributed by atoms with van der Waals surface area (Å²) >= 11 is 0. The molecule has 5 aliphatic rings. The van der Waals surface area contributed by atoms with Gasteiger partial charge in [-0.15, -0.1) is 0 Å². The van der Waals surface area contributed by atoms with Crippen molar-refractivity contribution in [2.75, 3.05) is 32.1 Å². The fourth-order valence-electron chi connectivity index (χ4n) is 8.00. The van der Waals surface area contributed by atoms with E-state index in [1.165, 1.54) is 12.7 Å². The maximum absolute atomic E-state index is 14.1. The number of para-hydroxylation sites is 1. The summed E-state index contributed by atoms with van der Waals surface area (Å²) in [6, 6.07) is 8.02. The smallest absolute Gasteiger partial charge is 0.348 e. The molecule has 0 aromatic heterocycles. The highest BCUT2D eigenvalue weighted by Crippen LogP contribution is 2.78. The second-order valence-electron chi connectivity index (χ2n) is 9.08. The summed E-state index contributed by atoms with van der Waals surface area (Å²) in [4.78, 5) is 32.0.